The molecule has 16 heavy (non-hydrogen) atoms. The first-order valence-corrected chi connectivity index (χ1v) is 6.80. The quantitative estimate of drug-likeness (QED) is 0.570. The summed E-state index contributed by atoms with van der Waals surface area (Å²) in [5.41, 5.74) is 1.09. The van der Waals surface area contributed by atoms with Gasteiger partial charge in [-0.2, -0.15) is 0 Å². The molecule has 0 bridgehead atoms. The van der Waals surface area contributed by atoms with E-state index in [1.54, 1.807) is 11.8 Å². The van der Waals surface area contributed by atoms with Gasteiger partial charge in [0.1, 0.15) is 0 Å². The molecule has 0 atom stereocenters. The van der Waals surface area contributed by atoms with Crippen LogP contribution in [-0.4, -0.2) is 4.20 Å². The normalized spacial score (nSPS) is 10.1. The molecule has 0 spiro atoms. The average Bonchev–Trinajstić information content (AvgIpc) is 2.31. The third-order valence-corrected chi connectivity index (χ3v) is 3.98. The fourth-order valence-electron chi connectivity index (χ4n) is 1.24. The maximum atomic E-state index is 5.39. The first kappa shape index (κ1) is 11.8. The van der Waals surface area contributed by atoms with Gasteiger partial charge in [-0.1, -0.05) is 70.2 Å². The number of hydrogen-bond donors (Lipinski definition) is 0. The summed E-state index contributed by atoms with van der Waals surface area (Å²) in [4.78, 5) is 1.18. The van der Waals surface area contributed by atoms with Gasteiger partial charge in [0.25, 0.3) is 0 Å². The van der Waals surface area contributed by atoms with E-state index in [4.69, 9.17) is 12.2 Å². The van der Waals surface area contributed by atoms with E-state index in [1.165, 1.54) is 4.90 Å². The van der Waals surface area contributed by atoms with Crippen molar-refractivity contribution in [3.8, 4) is 0 Å². The van der Waals surface area contributed by atoms with E-state index in [0.29, 0.717) is 0 Å². The van der Waals surface area contributed by atoms with Crippen LogP contribution in [0.1, 0.15) is 5.56 Å². The van der Waals surface area contributed by atoms with Crippen molar-refractivity contribution < 1.29 is 0 Å². The van der Waals surface area contributed by atoms with Gasteiger partial charge >= 0.3 is 0 Å². The summed E-state index contributed by atoms with van der Waals surface area (Å²) in [6, 6.07) is 18.3. The Bertz CT molecular complexity index is 477. The minimum Gasteiger partial charge on any atom is -0.0777 e. The predicted molar refractivity (Wildman–Crippen MR) is 78.1 cm³/mol. The third kappa shape index (κ3) is 3.17. The molecule has 0 amide bonds. The molecule has 0 aliphatic heterocycles. The zero-order valence-corrected chi connectivity index (χ0v) is 11.6. The topological polar surface area (TPSA) is 0 Å². The third-order valence-electron chi connectivity index (χ3n) is 2.03. The largest absolute Gasteiger partial charge is 0.0825 e. The van der Waals surface area contributed by atoms with Crippen LogP contribution in [0.4, 0.5) is 0 Å². The van der Waals surface area contributed by atoms with Crippen molar-refractivity contribution in [2.45, 2.75) is 4.90 Å². The van der Waals surface area contributed by atoms with Crippen molar-refractivity contribution >= 4 is 44.1 Å². The Hall–Kier alpha value is -0.640. The van der Waals surface area contributed by atoms with Crippen LogP contribution in [0.25, 0.3) is 0 Å². The highest BCUT2D eigenvalue weighted by molar-refractivity contribution is 9.10. The first-order valence-electron chi connectivity index (χ1n) is 4.78. The first-order chi connectivity index (χ1) is 7.75. The molecule has 0 nitrogen and oxygen atoms in total. The SMILES string of the molecule is S=C(Sc1ccccc1)c1ccc(Br)cc1. The van der Waals surface area contributed by atoms with Gasteiger partial charge in [0.05, 0.1) is 4.20 Å². The minimum absolute atomic E-state index is 0.902. The molecular weight excluding hydrogens is 300 g/mol. The molecule has 3 heteroatoms. The number of hydrogen-bond acceptors (Lipinski definition) is 2. The van der Waals surface area contributed by atoms with Gasteiger partial charge in [0.2, 0.25) is 0 Å². The molecule has 0 fully saturated rings. The number of benzene rings is 2. The molecule has 0 saturated carbocycles. The summed E-state index contributed by atoms with van der Waals surface area (Å²) in [5, 5.41) is 0. The lowest BCUT2D eigenvalue weighted by Gasteiger charge is -2.03. The molecule has 80 valence electrons. The standard InChI is InChI=1S/C13H9BrS2/c14-11-8-6-10(7-9-11)13(15)16-12-4-2-1-3-5-12/h1-9H. The fraction of sp³-hybridized carbons (Fsp3) is 0. The van der Waals surface area contributed by atoms with Crippen molar-refractivity contribution in [3.05, 3.63) is 64.6 Å². The Morgan fingerprint density at radius 2 is 1.56 bits per heavy atom. The minimum atomic E-state index is 0.902. The van der Waals surface area contributed by atoms with E-state index >= 15 is 0 Å². The van der Waals surface area contributed by atoms with Crippen LogP contribution in [0.15, 0.2) is 64.0 Å². The Labute approximate surface area is 113 Å². The Morgan fingerprint density at radius 3 is 2.19 bits per heavy atom. The van der Waals surface area contributed by atoms with Gasteiger partial charge < -0.3 is 0 Å². The second kappa shape index (κ2) is 5.62. The zero-order chi connectivity index (χ0) is 11.4. The van der Waals surface area contributed by atoms with Crippen LogP contribution in [0.5, 0.6) is 0 Å². The van der Waals surface area contributed by atoms with Crippen LogP contribution in [-0.2, 0) is 0 Å². The number of rotatable bonds is 2. The molecule has 0 N–H and O–H groups in total. The van der Waals surface area contributed by atoms with Crippen molar-refractivity contribution in [1.29, 1.82) is 0 Å². The fourth-order valence-corrected chi connectivity index (χ4v) is 2.69. The highest BCUT2D eigenvalue weighted by atomic mass is 79.9. The van der Waals surface area contributed by atoms with Crippen LogP contribution >= 0.6 is 39.9 Å². The molecule has 0 aliphatic rings. The lowest BCUT2D eigenvalue weighted by atomic mass is 10.2. The monoisotopic (exact) mass is 308 g/mol. The highest BCUT2D eigenvalue weighted by Gasteiger charge is 2.02. The van der Waals surface area contributed by atoms with E-state index in [2.05, 4.69) is 28.1 Å². The summed E-state index contributed by atoms with van der Waals surface area (Å²) in [7, 11) is 0. The molecule has 2 rings (SSSR count). The lowest BCUT2D eigenvalue weighted by Crippen LogP contribution is -1.90. The molecule has 0 aliphatic carbocycles. The molecule has 0 unspecified atom stereocenters. The van der Waals surface area contributed by atoms with E-state index in [-0.39, 0.29) is 0 Å². The summed E-state index contributed by atoms with van der Waals surface area (Å²) < 4.78 is 1.97. The molecule has 0 heterocycles. The van der Waals surface area contributed by atoms with Gasteiger partial charge in [-0.05, 0) is 29.8 Å². The van der Waals surface area contributed by atoms with E-state index in [9.17, 15) is 0 Å². The zero-order valence-electron chi connectivity index (χ0n) is 8.39. The Balaban J connectivity index is 2.12. The number of thiocarbonyl (C=S) groups is 1. The molecule has 0 aromatic heterocycles. The van der Waals surface area contributed by atoms with Gasteiger partial charge in [-0.3, -0.25) is 0 Å². The van der Waals surface area contributed by atoms with Gasteiger partial charge in [-0.15, -0.1) is 0 Å². The van der Waals surface area contributed by atoms with Crippen LogP contribution in [0, 0.1) is 0 Å². The van der Waals surface area contributed by atoms with Crippen LogP contribution in [0.2, 0.25) is 0 Å². The molecule has 0 saturated heterocycles. The summed E-state index contributed by atoms with van der Waals surface area (Å²) in [6.07, 6.45) is 0. The second-order valence-corrected chi connectivity index (χ2v) is 5.88. The summed E-state index contributed by atoms with van der Waals surface area (Å²) in [5.74, 6) is 0. The smallest absolute Gasteiger partial charge is 0.0777 e. The molecule has 0 radical (unpaired) electrons. The Morgan fingerprint density at radius 1 is 0.938 bits per heavy atom. The maximum absolute atomic E-state index is 5.39. The maximum Gasteiger partial charge on any atom is 0.0825 e. The number of thioether (sulfide) groups is 1. The average molecular weight is 309 g/mol. The lowest BCUT2D eigenvalue weighted by molar-refractivity contribution is 1.48. The van der Waals surface area contributed by atoms with Gasteiger partial charge in [-0.25, -0.2) is 0 Å². The van der Waals surface area contributed by atoms with E-state index in [1.807, 2.05) is 42.5 Å². The van der Waals surface area contributed by atoms with Crippen molar-refractivity contribution in [1.82, 2.24) is 0 Å². The summed E-state index contributed by atoms with van der Waals surface area (Å²) >= 11 is 10.4. The highest BCUT2D eigenvalue weighted by Crippen LogP contribution is 2.24. The molecule has 2 aromatic carbocycles. The Kier molecular flexibility index (Phi) is 4.16. The molecular formula is C13H9BrS2. The number of halogens is 1. The van der Waals surface area contributed by atoms with Gasteiger partial charge in [0.15, 0.2) is 0 Å². The second-order valence-electron chi connectivity index (χ2n) is 3.21. The predicted octanol–water partition coefficient (Wildman–Crippen LogP) is 4.92. The molecule has 2 aromatic rings. The van der Waals surface area contributed by atoms with Crippen molar-refractivity contribution in [2.24, 2.45) is 0 Å². The van der Waals surface area contributed by atoms with Crippen molar-refractivity contribution in [3.63, 3.8) is 0 Å². The van der Waals surface area contributed by atoms with Crippen LogP contribution in [0.3, 0.4) is 0 Å². The van der Waals surface area contributed by atoms with E-state index in [0.717, 1.165) is 14.2 Å². The van der Waals surface area contributed by atoms with E-state index < -0.39 is 0 Å². The van der Waals surface area contributed by atoms with Gasteiger partial charge in [0, 0.05) is 9.37 Å². The van der Waals surface area contributed by atoms with Crippen LogP contribution < -0.4 is 0 Å². The summed E-state index contributed by atoms with van der Waals surface area (Å²) in [6.45, 7) is 0. The van der Waals surface area contributed by atoms with Crippen molar-refractivity contribution in [2.75, 3.05) is 0 Å².